The number of aliphatic hydroxyl groups excluding tert-OH is 1. The van der Waals surface area contributed by atoms with E-state index in [2.05, 4.69) is 13.8 Å². The van der Waals surface area contributed by atoms with Crippen LogP contribution in [-0.2, 0) is 4.74 Å². The van der Waals surface area contributed by atoms with Crippen molar-refractivity contribution in [3.63, 3.8) is 0 Å². The minimum absolute atomic E-state index is 0.0673. The number of aliphatic hydroxyl groups is 1. The van der Waals surface area contributed by atoms with Crippen molar-refractivity contribution in [2.24, 2.45) is 11.8 Å². The molecule has 1 aliphatic heterocycles. The molecule has 94 valence electrons. The summed E-state index contributed by atoms with van der Waals surface area (Å²) in [7, 11) is 0. The molecule has 1 saturated carbocycles. The van der Waals surface area contributed by atoms with E-state index in [1.165, 1.54) is 32.1 Å². The lowest BCUT2D eigenvalue weighted by Gasteiger charge is -2.34. The first-order valence-corrected chi connectivity index (χ1v) is 7.02. The van der Waals surface area contributed by atoms with Crippen molar-refractivity contribution in [1.82, 2.24) is 0 Å². The van der Waals surface area contributed by atoms with Gasteiger partial charge in [0.1, 0.15) is 0 Å². The predicted octanol–water partition coefficient (Wildman–Crippen LogP) is 3.13. The van der Waals surface area contributed by atoms with E-state index in [1.54, 1.807) is 0 Å². The first kappa shape index (κ1) is 12.4. The van der Waals surface area contributed by atoms with Gasteiger partial charge >= 0.3 is 0 Å². The summed E-state index contributed by atoms with van der Waals surface area (Å²) in [5, 5.41) is 10.1. The molecule has 0 bridgehead atoms. The van der Waals surface area contributed by atoms with Crippen molar-refractivity contribution in [2.45, 2.75) is 77.1 Å². The maximum atomic E-state index is 10.1. The highest BCUT2D eigenvalue weighted by molar-refractivity contribution is 4.83. The van der Waals surface area contributed by atoms with Crippen LogP contribution in [0.1, 0.15) is 58.8 Å². The molecule has 0 aromatic rings. The summed E-state index contributed by atoms with van der Waals surface area (Å²) >= 11 is 0. The summed E-state index contributed by atoms with van der Waals surface area (Å²) in [6.07, 6.45) is 8.98. The quantitative estimate of drug-likeness (QED) is 0.801. The molecular formula is C14H26O2. The molecule has 2 fully saturated rings. The van der Waals surface area contributed by atoms with Crippen LogP contribution in [0.5, 0.6) is 0 Å². The van der Waals surface area contributed by atoms with Gasteiger partial charge in [0.25, 0.3) is 0 Å². The summed E-state index contributed by atoms with van der Waals surface area (Å²) in [4.78, 5) is 0. The molecule has 5 unspecified atom stereocenters. The molecule has 0 spiro atoms. The standard InChI is InChI=1S/C14H26O2/c1-3-11-5-7-14(15)12(8-11)9-13-6-4-10(2)16-13/h10-15H,3-9H2,1-2H3. The van der Waals surface area contributed by atoms with Gasteiger partial charge in [-0.15, -0.1) is 0 Å². The van der Waals surface area contributed by atoms with Gasteiger partial charge in [-0.05, 0) is 57.3 Å². The third-order valence-corrected chi connectivity index (χ3v) is 4.51. The van der Waals surface area contributed by atoms with Crippen LogP contribution in [0.2, 0.25) is 0 Å². The molecule has 2 heteroatoms. The van der Waals surface area contributed by atoms with Gasteiger partial charge in [-0.25, -0.2) is 0 Å². The molecule has 5 atom stereocenters. The number of rotatable bonds is 3. The van der Waals surface area contributed by atoms with Gasteiger partial charge in [-0.2, -0.15) is 0 Å². The molecule has 0 aromatic heterocycles. The Kier molecular flexibility index (Phi) is 4.26. The molecule has 0 aromatic carbocycles. The Bertz CT molecular complexity index is 217. The van der Waals surface area contributed by atoms with Crippen LogP contribution in [0.25, 0.3) is 0 Å². The fraction of sp³-hybridized carbons (Fsp3) is 1.00. The molecule has 1 saturated heterocycles. The molecule has 16 heavy (non-hydrogen) atoms. The van der Waals surface area contributed by atoms with Crippen molar-refractivity contribution in [2.75, 3.05) is 0 Å². The third kappa shape index (κ3) is 2.98. The minimum atomic E-state index is -0.0673. The fourth-order valence-electron chi connectivity index (χ4n) is 3.37. The van der Waals surface area contributed by atoms with Crippen molar-refractivity contribution >= 4 is 0 Å². The summed E-state index contributed by atoms with van der Waals surface area (Å²) in [5.41, 5.74) is 0. The van der Waals surface area contributed by atoms with Crippen LogP contribution < -0.4 is 0 Å². The third-order valence-electron chi connectivity index (χ3n) is 4.51. The van der Waals surface area contributed by atoms with Crippen molar-refractivity contribution < 1.29 is 9.84 Å². The van der Waals surface area contributed by atoms with Crippen LogP contribution in [-0.4, -0.2) is 23.4 Å². The summed E-state index contributed by atoms with van der Waals surface area (Å²) in [6.45, 7) is 4.43. The predicted molar refractivity (Wildman–Crippen MR) is 65.3 cm³/mol. The second kappa shape index (κ2) is 5.50. The van der Waals surface area contributed by atoms with Crippen LogP contribution >= 0.6 is 0 Å². The second-order valence-corrected chi connectivity index (χ2v) is 5.80. The fourth-order valence-corrected chi connectivity index (χ4v) is 3.37. The Hall–Kier alpha value is -0.0800. The maximum absolute atomic E-state index is 10.1. The lowest BCUT2D eigenvalue weighted by Crippen LogP contribution is -2.31. The molecule has 0 amide bonds. The molecule has 2 aliphatic rings. The Morgan fingerprint density at radius 1 is 1.19 bits per heavy atom. The highest BCUT2D eigenvalue weighted by Gasteiger charge is 2.32. The van der Waals surface area contributed by atoms with Gasteiger partial charge in [0.15, 0.2) is 0 Å². The average molecular weight is 226 g/mol. The first-order valence-electron chi connectivity index (χ1n) is 7.02. The molecule has 2 rings (SSSR count). The van der Waals surface area contributed by atoms with Crippen LogP contribution in [0.4, 0.5) is 0 Å². The van der Waals surface area contributed by atoms with Crippen LogP contribution in [0.15, 0.2) is 0 Å². The summed E-state index contributed by atoms with van der Waals surface area (Å²) in [5.74, 6) is 1.33. The molecule has 1 N–H and O–H groups in total. The lowest BCUT2D eigenvalue weighted by molar-refractivity contribution is -0.00760. The largest absolute Gasteiger partial charge is 0.393 e. The topological polar surface area (TPSA) is 29.5 Å². The average Bonchev–Trinajstić information content (AvgIpc) is 2.67. The Labute approximate surface area is 99.4 Å². The van der Waals surface area contributed by atoms with Crippen molar-refractivity contribution in [3.8, 4) is 0 Å². The van der Waals surface area contributed by atoms with Gasteiger partial charge in [-0.3, -0.25) is 0 Å². The number of hydrogen-bond donors (Lipinski definition) is 1. The molecule has 1 aliphatic carbocycles. The lowest BCUT2D eigenvalue weighted by atomic mass is 9.76. The Morgan fingerprint density at radius 3 is 2.62 bits per heavy atom. The van der Waals surface area contributed by atoms with Crippen molar-refractivity contribution in [3.05, 3.63) is 0 Å². The molecular weight excluding hydrogens is 200 g/mol. The first-order chi connectivity index (χ1) is 7.69. The van der Waals surface area contributed by atoms with E-state index in [1.807, 2.05) is 0 Å². The van der Waals surface area contributed by atoms with E-state index in [0.29, 0.717) is 18.1 Å². The van der Waals surface area contributed by atoms with Gasteiger partial charge in [0, 0.05) is 0 Å². The van der Waals surface area contributed by atoms with E-state index in [9.17, 15) is 5.11 Å². The van der Waals surface area contributed by atoms with E-state index in [4.69, 9.17) is 4.74 Å². The van der Waals surface area contributed by atoms with Gasteiger partial charge in [0.05, 0.1) is 18.3 Å². The van der Waals surface area contributed by atoms with Crippen LogP contribution in [0, 0.1) is 11.8 Å². The summed E-state index contributed by atoms with van der Waals surface area (Å²) in [6, 6.07) is 0. The highest BCUT2D eigenvalue weighted by Crippen LogP contribution is 2.36. The minimum Gasteiger partial charge on any atom is -0.393 e. The SMILES string of the molecule is CCC1CCC(O)C(CC2CCC(C)O2)C1. The zero-order valence-electron chi connectivity index (χ0n) is 10.7. The summed E-state index contributed by atoms with van der Waals surface area (Å²) < 4.78 is 5.87. The number of ether oxygens (including phenoxy) is 1. The maximum Gasteiger partial charge on any atom is 0.0583 e. The van der Waals surface area contributed by atoms with E-state index >= 15 is 0 Å². The highest BCUT2D eigenvalue weighted by atomic mass is 16.5. The zero-order valence-corrected chi connectivity index (χ0v) is 10.7. The van der Waals surface area contributed by atoms with E-state index < -0.39 is 0 Å². The van der Waals surface area contributed by atoms with E-state index in [0.717, 1.165) is 18.8 Å². The molecule has 0 radical (unpaired) electrons. The van der Waals surface area contributed by atoms with Crippen LogP contribution in [0.3, 0.4) is 0 Å². The Morgan fingerprint density at radius 2 is 2.00 bits per heavy atom. The molecule has 1 heterocycles. The smallest absolute Gasteiger partial charge is 0.0583 e. The Balaban J connectivity index is 1.82. The molecule has 2 nitrogen and oxygen atoms in total. The monoisotopic (exact) mass is 226 g/mol. The zero-order chi connectivity index (χ0) is 11.5. The number of hydrogen-bond acceptors (Lipinski definition) is 2. The van der Waals surface area contributed by atoms with Gasteiger partial charge in [0.2, 0.25) is 0 Å². The normalized spacial score (nSPS) is 44.8. The van der Waals surface area contributed by atoms with Gasteiger partial charge in [-0.1, -0.05) is 13.3 Å². The van der Waals surface area contributed by atoms with Crippen molar-refractivity contribution in [1.29, 1.82) is 0 Å². The van der Waals surface area contributed by atoms with Gasteiger partial charge < -0.3 is 9.84 Å². The van der Waals surface area contributed by atoms with E-state index in [-0.39, 0.29) is 6.10 Å². The second-order valence-electron chi connectivity index (χ2n) is 5.80.